The lowest BCUT2D eigenvalue weighted by molar-refractivity contribution is -0.150. The molecule has 0 aromatic rings. The lowest BCUT2D eigenvalue weighted by Gasteiger charge is -2.30. The second kappa shape index (κ2) is 7.93. The quantitative estimate of drug-likeness (QED) is 0.716. The normalized spacial score (nSPS) is 16.2. The van der Waals surface area contributed by atoms with Gasteiger partial charge in [0.2, 0.25) is 0 Å². The second-order valence-electron chi connectivity index (χ2n) is 4.62. The third-order valence-electron chi connectivity index (χ3n) is 2.85. The van der Waals surface area contributed by atoms with Gasteiger partial charge in [-0.3, -0.25) is 4.90 Å². The summed E-state index contributed by atoms with van der Waals surface area (Å²) in [5.74, 6) is 0. The summed E-state index contributed by atoms with van der Waals surface area (Å²) < 4.78 is 37.0. The van der Waals surface area contributed by atoms with Gasteiger partial charge in [-0.15, -0.1) is 0 Å². The lowest BCUT2D eigenvalue weighted by atomic mass is 10.1. The Morgan fingerprint density at radius 2 is 1.76 bits per heavy atom. The molecule has 1 N–H and O–H groups in total. The Bertz CT molecular complexity index is 195. The molecule has 0 bridgehead atoms. The van der Waals surface area contributed by atoms with Gasteiger partial charge in [-0.2, -0.15) is 13.2 Å². The standard InChI is InChI=1S/C12H25F3N2/c1-5-7-16-10(3)8-11(4)17(6-2)9-12(13,14)15/h10-11,16H,5-9H2,1-4H3. The van der Waals surface area contributed by atoms with E-state index in [9.17, 15) is 13.2 Å². The molecule has 104 valence electrons. The van der Waals surface area contributed by atoms with Gasteiger partial charge in [-0.25, -0.2) is 0 Å². The van der Waals surface area contributed by atoms with Crippen LogP contribution in [0.25, 0.3) is 0 Å². The molecule has 0 aromatic heterocycles. The first-order valence-corrected chi connectivity index (χ1v) is 6.34. The van der Waals surface area contributed by atoms with Gasteiger partial charge in [0.05, 0.1) is 6.54 Å². The van der Waals surface area contributed by atoms with Crippen LogP contribution in [0.15, 0.2) is 0 Å². The molecule has 0 spiro atoms. The summed E-state index contributed by atoms with van der Waals surface area (Å²) in [5.41, 5.74) is 0. The number of alkyl halides is 3. The molecule has 5 heteroatoms. The highest BCUT2D eigenvalue weighted by molar-refractivity contribution is 4.74. The van der Waals surface area contributed by atoms with Crippen LogP contribution in [0.4, 0.5) is 13.2 Å². The molecule has 17 heavy (non-hydrogen) atoms. The smallest absolute Gasteiger partial charge is 0.314 e. The summed E-state index contributed by atoms with van der Waals surface area (Å²) in [4.78, 5) is 1.48. The fourth-order valence-corrected chi connectivity index (χ4v) is 1.94. The Hall–Kier alpha value is -0.290. The number of halogens is 3. The molecule has 0 aliphatic carbocycles. The van der Waals surface area contributed by atoms with Crippen molar-refractivity contribution in [2.24, 2.45) is 0 Å². The van der Waals surface area contributed by atoms with Gasteiger partial charge in [-0.05, 0) is 39.8 Å². The Morgan fingerprint density at radius 1 is 1.18 bits per heavy atom. The molecule has 2 nitrogen and oxygen atoms in total. The minimum absolute atomic E-state index is 0.0546. The molecule has 0 rings (SSSR count). The molecule has 0 saturated heterocycles. The summed E-state index contributed by atoms with van der Waals surface area (Å²) in [6, 6.07) is 0.202. The van der Waals surface area contributed by atoms with Gasteiger partial charge in [0.25, 0.3) is 0 Å². The van der Waals surface area contributed by atoms with E-state index in [0.717, 1.165) is 19.4 Å². The molecular weight excluding hydrogens is 229 g/mol. The zero-order valence-corrected chi connectivity index (χ0v) is 11.3. The van der Waals surface area contributed by atoms with Crippen molar-refractivity contribution in [3.8, 4) is 0 Å². The molecule has 0 saturated carbocycles. The van der Waals surface area contributed by atoms with E-state index in [1.54, 1.807) is 6.92 Å². The minimum atomic E-state index is -4.11. The van der Waals surface area contributed by atoms with E-state index in [1.165, 1.54) is 4.90 Å². The maximum atomic E-state index is 12.3. The summed E-state index contributed by atoms with van der Waals surface area (Å²) >= 11 is 0. The number of hydrogen-bond acceptors (Lipinski definition) is 2. The summed E-state index contributed by atoms with van der Waals surface area (Å²) in [7, 11) is 0. The summed E-state index contributed by atoms with van der Waals surface area (Å²) in [6.07, 6.45) is -2.33. The zero-order valence-electron chi connectivity index (χ0n) is 11.3. The Morgan fingerprint density at radius 3 is 2.18 bits per heavy atom. The van der Waals surface area contributed by atoms with Gasteiger partial charge in [0, 0.05) is 12.1 Å². The van der Waals surface area contributed by atoms with E-state index in [2.05, 4.69) is 12.2 Å². The fraction of sp³-hybridized carbons (Fsp3) is 1.00. The Kier molecular flexibility index (Phi) is 7.79. The predicted octanol–water partition coefficient (Wildman–Crippen LogP) is 3.04. The average Bonchev–Trinajstić information content (AvgIpc) is 2.21. The largest absolute Gasteiger partial charge is 0.401 e. The van der Waals surface area contributed by atoms with Crippen molar-refractivity contribution in [2.75, 3.05) is 19.6 Å². The minimum Gasteiger partial charge on any atom is -0.314 e. The first-order chi connectivity index (χ1) is 7.80. The molecule has 0 amide bonds. The van der Waals surface area contributed by atoms with Crippen molar-refractivity contribution in [1.82, 2.24) is 10.2 Å². The third kappa shape index (κ3) is 8.44. The molecule has 0 aliphatic heterocycles. The SMILES string of the molecule is CCCNC(C)CC(C)N(CC)CC(F)(F)F. The molecule has 0 radical (unpaired) electrons. The van der Waals surface area contributed by atoms with Crippen LogP contribution in [0.5, 0.6) is 0 Å². The van der Waals surface area contributed by atoms with E-state index in [1.807, 2.05) is 13.8 Å². The van der Waals surface area contributed by atoms with E-state index in [4.69, 9.17) is 0 Å². The van der Waals surface area contributed by atoms with Gasteiger partial charge in [0.1, 0.15) is 0 Å². The van der Waals surface area contributed by atoms with Gasteiger partial charge < -0.3 is 5.32 Å². The molecule has 0 heterocycles. The van der Waals surface area contributed by atoms with Crippen LogP contribution in [0.2, 0.25) is 0 Å². The highest BCUT2D eigenvalue weighted by atomic mass is 19.4. The van der Waals surface area contributed by atoms with E-state index in [0.29, 0.717) is 6.54 Å². The number of rotatable bonds is 8. The second-order valence-corrected chi connectivity index (χ2v) is 4.62. The van der Waals surface area contributed by atoms with E-state index in [-0.39, 0.29) is 12.1 Å². The van der Waals surface area contributed by atoms with Crippen LogP contribution >= 0.6 is 0 Å². The predicted molar refractivity (Wildman–Crippen MR) is 65.1 cm³/mol. The molecule has 0 aliphatic rings. The lowest BCUT2D eigenvalue weighted by Crippen LogP contribution is -2.43. The average molecular weight is 254 g/mol. The number of hydrogen-bond donors (Lipinski definition) is 1. The number of nitrogens with zero attached hydrogens (tertiary/aromatic N) is 1. The highest BCUT2D eigenvalue weighted by Crippen LogP contribution is 2.19. The summed E-state index contributed by atoms with van der Waals surface area (Å²) in [5, 5.41) is 3.30. The molecular formula is C12H25F3N2. The van der Waals surface area contributed by atoms with Crippen LogP contribution in [0.3, 0.4) is 0 Å². The number of nitrogens with one attached hydrogen (secondary N) is 1. The molecule has 2 atom stereocenters. The zero-order chi connectivity index (χ0) is 13.5. The summed E-state index contributed by atoms with van der Waals surface area (Å²) in [6.45, 7) is 8.26. The molecule has 0 aromatic carbocycles. The van der Waals surface area contributed by atoms with Crippen LogP contribution in [0, 0.1) is 0 Å². The highest BCUT2D eigenvalue weighted by Gasteiger charge is 2.32. The van der Waals surface area contributed by atoms with Crippen molar-refractivity contribution in [2.45, 2.75) is 58.8 Å². The van der Waals surface area contributed by atoms with Gasteiger partial charge in [-0.1, -0.05) is 13.8 Å². The molecule has 0 fully saturated rings. The van der Waals surface area contributed by atoms with Gasteiger partial charge >= 0.3 is 6.18 Å². The monoisotopic (exact) mass is 254 g/mol. The van der Waals surface area contributed by atoms with Crippen molar-refractivity contribution >= 4 is 0 Å². The van der Waals surface area contributed by atoms with Crippen molar-refractivity contribution < 1.29 is 13.2 Å². The van der Waals surface area contributed by atoms with Crippen molar-refractivity contribution in [1.29, 1.82) is 0 Å². The van der Waals surface area contributed by atoms with Crippen molar-refractivity contribution in [3.63, 3.8) is 0 Å². The van der Waals surface area contributed by atoms with Gasteiger partial charge in [0.15, 0.2) is 0 Å². The molecule has 2 unspecified atom stereocenters. The maximum absolute atomic E-state index is 12.3. The van der Waals surface area contributed by atoms with Crippen LogP contribution in [0.1, 0.15) is 40.5 Å². The first kappa shape index (κ1) is 16.7. The maximum Gasteiger partial charge on any atom is 0.401 e. The fourth-order valence-electron chi connectivity index (χ4n) is 1.94. The van der Waals surface area contributed by atoms with Crippen LogP contribution in [-0.2, 0) is 0 Å². The third-order valence-corrected chi connectivity index (χ3v) is 2.85. The van der Waals surface area contributed by atoms with E-state index >= 15 is 0 Å². The van der Waals surface area contributed by atoms with Crippen LogP contribution < -0.4 is 5.32 Å². The Labute approximate surface area is 103 Å². The van der Waals surface area contributed by atoms with E-state index < -0.39 is 12.7 Å². The van der Waals surface area contributed by atoms with Crippen LogP contribution in [-0.4, -0.2) is 42.8 Å². The first-order valence-electron chi connectivity index (χ1n) is 6.34. The Balaban J connectivity index is 4.11. The topological polar surface area (TPSA) is 15.3 Å². The van der Waals surface area contributed by atoms with Crippen molar-refractivity contribution in [3.05, 3.63) is 0 Å².